The average molecular weight is 359 g/mol. The fraction of sp³-hybridized carbons (Fsp3) is 0.688. The largest absolute Gasteiger partial charge is 0.341 e. The van der Waals surface area contributed by atoms with Gasteiger partial charge in [0.15, 0.2) is 0 Å². The Bertz CT molecular complexity index is 659. The summed E-state index contributed by atoms with van der Waals surface area (Å²) in [5, 5.41) is 0. The second-order valence-corrected chi connectivity index (χ2v) is 10.7. The second-order valence-electron chi connectivity index (χ2n) is 7.24. The molecule has 0 bridgehead atoms. The monoisotopic (exact) mass is 358 g/mol. The number of sulfonamides is 1. The Morgan fingerprint density at radius 1 is 1.17 bits per heavy atom. The number of carbonyl (C=O) groups is 1. The summed E-state index contributed by atoms with van der Waals surface area (Å²) in [7, 11) is -3.43. The van der Waals surface area contributed by atoms with Gasteiger partial charge in [0.1, 0.15) is 4.21 Å². The van der Waals surface area contributed by atoms with Crippen LogP contribution in [0.25, 0.3) is 0 Å². The molecule has 1 aliphatic heterocycles. The second kappa shape index (κ2) is 6.91. The Hall–Kier alpha value is -0.920. The molecule has 0 aromatic carbocycles. The highest BCUT2D eigenvalue weighted by Gasteiger charge is 2.30. The molecule has 1 aliphatic rings. The minimum Gasteiger partial charge on any atom is -0.341 e. The van der Waals surface area contributed by atoms with Gasteiger partial charge < -0.3 is 4.90 Å². The molecule has 5 nitrogen and oxygen atoms in total. The molecule has 1 aromatic heterocycles. The third kappa shape index (κ3) is 4.78. The van der Waals surface area contributed by atoms with E-state index in [4.69, 9.17) is 0 Å². The van der Waals surface area contributed by atoms with Crippen LogP contribution in [0.3, 0.4) is 0 Å². The number of amides is 1. The molecular formula is C16H26N2O3S2. The minimum absolute atomic E-state index is 0.0519. The van der Waals surface area contributed by atoms with Crippen molar-refractivity contribution in [3.05, 3.63) is 17.0 Å². The van der Waals surface area contributed by atoms with Gasteiger partial charge in [0.2, 0.25) is 5.91 Å². The maximum absolute atomic E-state index is 12.7. The third-order valence-electron chi connectivity index (χ3n) is 3.80. The van der Waals surface area contributed by atoms with Crippen LogP contribution in [-0.2, 0) is 14.8 Å². The summed E-state index contributed by atoms with van der Waals surface area (Å²) in [6, 6.07) is 3.50. The topological polar surface area (TPSA) is 57.7 Å². The molecule has 0 unspecified atom stereocenters. The first-order valence-corrected chi connectivity index (χ1v) is 10.2. The van der Waals surface area contributed by atoms with Gasteiger partial charge in [-0.15, -0.1) is 11.3 Å². The summed E-state index contributed by atoms with van der Waals surface area (Å²) in [5.74, 6) is 0.115. The van der Waals surface area contributed by atoms with Gasteiger partial charge in [0.25, 0.3) is 10.0 Å². The Morgan fingerprint density at radius 2 is 1.87 bits per heavy atom. The van der Waals surface area contributed by atoms with E-state index in [0.29, 0.717) is 43.2 Å². The molecule has 23 heavy (non-hydrogen) atoms. The van der Waals surface area contributed by atoms with Crippen molar-refractivity contribution >= 4 is 27.3 Å². The van der Waals surface area contributed by atoms with E-state index >= 15 is 0 Å². The van der Waals surface area contributed by atoms with Crippen molar-refractivity contribution in [1.29, 1.82) is 0 Å². The van der Waals surface area contributed by atoms with E-state index in [9.17, 15) is 13.2 Å². The summed E-state index contributed by atoms with van der Waals surface area (Å²) < 4.78 is 27.3. The SMILES string of the molecule is Cc1ccc(S(=O)(=O)N2CCCN(C(=O)CC(C)(C)C)CC2)s1. The van der Waals surface area contributed by atoms with E-state index in [1.54, 1.807) is 11.0 Å². The Morgan fingerprint density at radius 3 is 2.43 bits per heavy atom. The molecule has 1 amide bonds. The van der Waals surface area contributed by atoms with Crippen LogP contribution in [0, 0.1) is 12.3 Å². The first kappa shape index (κ1) is 18.4. The molecule has 0 N–H and O–H groups in total. The van der Waals surface area contributed by atoms with Gasteiger partial charge in [-0.25, -0.2) is 8.42 Å². The predicted molar refractivity (Wildman–Crippen MR) is 93.1 cm³/mol. The van der Waals surface area contributed by atoms with Crippen LogP contribution in [0.2, 0.25) is 0 Å². The van der Waals surface area contributed by atoms with Crippen molar-refractivity contribution in [3.8, 4) is 0 Å². The van der Waals surface area contributed by atoms with Gasteiger partial charge in [-0.05, 0) is 30.9 Å². The van der Waals surface area contributed by atoms with Crippen molar-refractivity contribution < 1.29 is 13.2 Å². The first-order chi connectivity index (χ1) is 10.6. The van der Waals surface area contributed by atoms with E-state index in [2.05, 4.69) is 0 Å². The number of nitrogens with zero attached hydrogens (tertiary/aromatic N) is 2. The van der Waals surface area contributed by atoms with E-state index in [0.717, 1.165) is 4.88 Å². The molecule has 2 rings (SSSR count). The zero-order valence-corrected chi connectivity index (χ0v) is 16.0. The van der Waals surface area contributed by atoms with Gasteiger partial charge in [0, 0.05) is 37.5 Å². The van der Waals surface area contributed by atoms with E-state index in [1.165, 1.54) is 15.6 Å². The summed E-state index contributed by atoms with van der Waals surface area (Å²) >= 11 is 1.30. The molecule has 130 valence electrons. The van der Waals surface area contributed by atoms with Gasteiger partial charge in [-0.2, -0.15) is 4.31 Å². The fourth-order valence-electron chi connectivity index (χ4n) is 2.63. The first-order valence-electron chi connectivity index (χ1n) is 7.94. The van der Waals surface area contributed by atoms with Gasteiger partial charge in [0.05, 0.1) is 0 Å². The Balaban J connectivity index is 2.05. The number of hydrogen-bond donors (Lipinski definition) is 0. The standard InChI is InChI=1S/C16H26N2O3S2/c1-13-6-7-15(22-13)23(20,21)18-9-5-8-17(10-11-18)14(19)12-16(2,3)4/h6-7H,5,8-12H2,1-4H3. The van der Waals surface area contributed by atoms with Crippen molar-refractivity contribution in [2.24, 2.45) is 5.41 Å². The zero-order valence-electron chi connectivity index (χ0n) is 14.3. The van der Waals surface area contributed by atoms with Gasteiger partial charge >= 0.3 is 0 Å². The number of hydrogen-bond acceptors (Lipinski definition) is 4. The van der Waals surface area contributed by atoms with E-state index in [1.807, 2.05) is 33.8 Å². The van der Waals surface area contributed by atoms with Crippen molar-refractivity contribution in [2.75, 3.05) is 26.2 Å². The Labute approximate surface area is 143 Å². The fourth-order valence-corrected chi connectivity index (χ4v) is 5.53. The number of rotatable bonds is 3. The smallest absolute Gasteiger partial charge is 0.252 e. The zero-order chi connectivity index (χ0) is 17.3. The van der Waals surface area contributed by atoms with Crippen molar-refractivity contribution in [1.82, 2.24) is 9.21 Å². The molecule has 0 atom stereocenters. The lowest BCUT2D eigenvalue weighted by Gasteiger charge is -2.25. The van der Waals surface area contributed by atoms with E-state index < -0.39 is 10.0 Å². The number of aryl methyl sites for hydroxylation is 1. The van der Waals surface area contributed by atoms with Crippen LogP contribution in [-0.4, -0.2) is 49.7 Å². The highest BCUT2D eigenvalue weighted by atomic mass is 32.2. The summed E-state index contributed by atoms with van der Waals surface area (Å²) in [5.41, 5.74) is -0.0519. The van der Waals surface area contributed by atoms with Crippen LogP contribution in [0.5, 0.6) is 0 Å². The molecule has 0 saturated carbocycles. The van der Waals surface area contributed by atoms with E-state index in [-0.39, 0.29) is 11.3 Å². The highest BCUT2D eigenvalue weighted by Crippen LogP contribution is 2.26. The third-order valence-corrected chi connectivity index (χ3v) is 7.17. The highest BCUT2D eigenvalue weighted by molar-refractivity contribution is 7.91. The number of thiophene rings is 1. The predicted octanol–water partition coefficient (Wildman–Crippen LogP) is 2.72. The van der Waals surface area contributed by atoms with Crippen LogP contribution < -0.4 is 0 Å². The summed E-state index contributed by atoms with van der Waals surface area (Å²) in [6.07, 6.45) is 1.17. The lowest BCUT2D eigenvalue weighted by Crippen LogP contribution is -2.38. The summed E-state index contributed by atoms with van der Waals surface area (Å²) in [6.45, 7) is 9.96. The normalized spacial score (nSPS) is 18.0. The maximum Gasteiger partial charge on any atom is 0.252 e. The molecule has 2 heterocycles. The molecule has 1 fully saturated rings. The van der Waals surface area contributed by atoms with Crippen LogP contribution in [0.1, 0.15) is 38.5 Å². The van der Waals surface area contributed by atoms with Crippen LogP contribution in [0.15, 0.2) is 16.3 Å². The quantitative estimate of drug-likeness (QED) is 0.835. The van der Waals surface area contributed by atoms with Crippen molar-refractivity contribution in [2.45, 2.75) is 44.7 Å². The summed E-state index contributed by atoms with van der Waals surface area (Å²) in [4.78, 5) is 15.1. The molecule has 7 heteroatoms. The minimum atomic E-state index is -3.43. The molecule has 0 spiro atoms. The lowest BCUT2D eigenvalue weighted by molar-refractivity contribution is -0.132. The molecular weight excluding hydrogens is 332 g/mol. The Kier molecular flexibility index (Phi) is 5.53. The molecule has 0 aliphatic carbocycles. The lowest BCUT2D eigenvalue weighted by atomic mass is 9.91. The maximum atomic E-state index is 12.7. The van der Waals surface area contributed by atoms with Gasteiger partial charge in [-0.1, -0.05) is 20.8 Å². The number of carbonyl (C=O) groups excluding carboxylic acids is 1. The average Bonchev–Trinajstić information content (AvgIpc) is 2.72. The van der Waals surface area contributed by atoms with Gasteiger partial charge in [-0.3, -0.25) is 4.79 Å². The van der Waals surface area contributed by atoms with Crippen LogP contribution >= 0.6 is 11.3 Å². The van der Waals surface area contributed by atoms with Crippen molar-refractivity contribution in [3.63, 3.8) is 0 Å². The van der Waals surface area contributed by atoms with Crippen LogP contribution in [0.4, 0.5) is 0 Å². The molecule has 1 aromatic rings. The molecule has 1 saturated heterocycles. The molecule has 0 radical (unpaired) electrons.